The van der Waals surface area contributed by atoms with Gasteiger partial charge >= 0.3 is 11.9 Å². The highest BCUT2D eigenvalue weighted by molar-refractivity contribution is 6.01. The van der Waals surface area contributed by atoms with Crippen LogP contribution in [-0.4, -0.2) is 31.6 Å². The smallest absolute Gasteiger partial charge is 0.339 e. The molecule has 0 bridgehead atoms. The van der Waals surface area contributed by atoms with Gasteiger partial charge in [0.15, 0.2) is 0 Å². The normalized spacial score (nSPS) is 10.0. The lowest BCUT2D eigenvalue weighted by Crippen LogP contribution is -2.17. The first kappa shape index (κ1) is 19.2. The molecular weight excluding hydrogens is 334 g/mol. The summed E-state index contributed by atoms with van der Waals surface area (Å²) < 4.78 is 9.81. The van der Waals surface area contributed by atoms with Crippen LogP contribution in [0, 0.1) is 0 Å². The molecule has 26 heavy (non-hydrogen) atoms. The van der Waals surface area contributed by atoms with Crippen molar-refractivity contribution in [3.05, 3.63) is 65.7 Å². The fourth-order valence-corrected chi connectivity index (χ4v) is 2.31. The molecule has 0 fully saturated rings. The van der Waals surface area contributed by atoms with Crippen molar-refractivity contribution in [3.63, 3.8) is 0 Å². The molecule has 0 saturated heterocycles. The van der Waals surface area contributed by atoms with E-state index in [4.69, 9.17) is 4.74 Å². The highest BCUT2D eigenvalue weighted by atomic mass is 16.5. The molecule has 0 aliphatic rings. The van der Waals surface area contributed by atoms with Crippen molar-refractivity contribution in [2.24, 2.45) is 0 Å². The van der Waals surface area contributed by atoms with E-state index in [-0.39, 0.29) is 30.9 Å². The summed E-state index contributed by atoms with van der Waals surface area (Å²) in [5.74, 6) is -1.35. The van der Waals surface area contributed by atoms with E-state index in [9.17, 15) is 14.4 Å². The molecule has 0 atom stereocenters. The topological polar surface area (TPSA) is 81.7 Å². The van der Waals surface area contributed by atoms with Gasteiger partial charge in [-0.15, -0.1) is 0 Å². The molecule has 0 unspecified atom stereocenters. The van der Waals surface area contributed by atoms with Gasteiger partial charge < -0.3 is 14.8 Å². The Hall–Kier alpha value is -3.15. The zero-order valence-electron chi connectivity index (χ0n) is 14.6. The van der Waals surface area contributed by atoms with Crippen LogP contribution in [-0.2, 0) is 25.5 Å². The van der Waals surface area contributed by atoms with Gasteiger partial charge in [-0.1, -0.05) is 42.5 Å². The third-order valence-corrected chi connectivity index (χ3v) is 3.66. The molecule has 136 valence electrons. The molecule has 1 amide bonds. The maximum Gasteiger partial charge on any atom is 0.339 e. The number of amides is 1. The van der Waals surface area contributed by atoms with Gasteiger partial charge in [-0.2, -0.15) is 0 Å². The molecule has 1 N–H and O–H groups in total. The Balaban J connectivity index is 1.75. The molecule has 6 nitrogen and oxygen atoms in total. The van der Waals surface area contributed by atoms with Gasteiger partial charge in [0.25, 0.3) is 0 Å². The zero-order chi connectivity index (χ0) is 18.8. The quantitative estimate of drug-likeness (QED) is 0.736. The van der Waals surface area contributed by atoms with Crippen LogP contribution < -0.4 is 5.32 Å². The average Bonchev–Trinajstić information content (AvgIpc) is 2.67. The minimum absolute atomic E-state index is 0.0268. The summed E-state index contributed by atoms with van der Waals surface area (Å²) in [4.78, 5) is 35.4. The average molecular weight is 355 g/mol. The molecule has 0 heterocycles. The van der Waals surface area contributed by atoms with Gasteiger partial charge in [-0.25, -0.2) is 4.79 Å². The van der Waals surface area contributed by atoms with Crippen molar-refractivity contribution in [1.29, 1.82) is 0 Å². The molecule has 2 aromatic carbocycles. The van der Waals surface area contributed by atoms with E-state index in [1.165, 1.54) is 7.11 Å². The third-order valence-electron chi connectivity index (χ3n) is 3.66. The summed E-state index contributed by atoms with van der Waals surface area (Å²) in [5.41, 5.74) is 1.69. The summed E-state index contributed by atoms with van der Waals surface area (Å²) in [6.07, 6.45) is 0.575. The largest absolute Gasteiger partial charge is 0.465 e. The molecule has 0 aliphatic carbocycles. The Morgan fingerprint density at radius 2 is 1.62 bits per heavy atom. The fourth-order valence-electron chi connectivity index (χ4n) is 2.31. The highest BCUT2D eigenvalue weighted by Crippen LogP contribution is 2.16. The van der Waals surface area contributed by atoms with Crippen molar-refractivity contribution in [1.82, 2.24) is 0 Å². The maximum atomic E-state index is 12.0. The lowest BCUT2D eigenvalue weighted by Gasteiger charge is -2.09. The number of para-hydroxylation sites is 1. The number of carbonyl (C=O) groups is 3. The summed E-state index contributed by atoms with van der Waals surface area (Å²) in [6.45, 7) is 0.273. The number of esters is 2. The molecule has 0 aliphatic heterocycles. The van der Waals surface area contributed by atoms with Crippen LogP contribution in [0.4, 0.5) is 5.69 Å². The van der Waals surface area contributed by atoms with Crippen LogP contribution >= 0.6 is 0 Å². The number of anilines is 1. The Morgan fingerprint density at radius 3 is 2.35 bits per heavy atom. The molecule has 0 radical (unpaired) electrons. The van der Waals surface area contributed by atoms with Gasteiger partial charge in [-0.3, -0.25) is 9.59 Å². The number of ether oxygens (including phenoxy) is 2. The van der Waals surface area contributed by atoms with Crippen molar-refractivity contribution >= 4 is 23.5 Å². The van der Waals surface area contributed by atoms with Crippen LogP contribution in [0.5, 0.6) is 0 Å². The third kappa shape index (κ3) is 6.05. The maximum absolute atomic E-state index is 12.0. The standard InChI is InChI=1S/C20H21NO5/c1-25-20(24)16-9-5-6-10-17(16)21-18(22)11-12-19(23)26-14-13-15-7-3-2-4-8-15/h2-10H,11-14H2,1H3,(H,21,22). The van der Waals surface area contributed by atoms with Crippen molar-refractivity contribution in [3.8, 4) is 0 Å². The second-order valence-electron chi connectivity index (χ2n) is 5.54. The van der Waals surface area contributed by atoms with Crippen molar-refractivity contribution < 1.29 is 23.9 Å². The summed E-state index contributed by atoms with van der Waals surface area (Å²) >= 11 is 0. The lowest BCUT2D eigenvalue weighted by atomic mass is 10.1. The molecule has 0 spiro atoms. The first-order valence-corrected chi connectivity index (χ1v) is 8.27. The van der Waals surface area contributed by atoms with Gasteiger partial charge in [-0.05, 0) is 17.7 Å². The molecule has 2 aromatic rings. The van der Waals surface area contributed by atoms with Crippen LogP contribution in [0.15, 0.2) is 54.6 Å². The Morgan fingerprint density at radius 1 is 0.923 bits per heavy atom. The molecule has 6 heteroatoms. The Bertz CT molecular complexity index is 758. The highest BCUT2D eigenvalue weighted by Gasteiger charge is 2.14. The van der Waals surface area contributed by atoms with Gasteiger partial charge in [0.1, 0.15) is 0 Å². The minimum atomic E-state index is -0.541. The number of nitrogens with one attached hydrogen (secondary N) is 1. The number of carbonyl (C=O) groups excluding carboxylic acids is 3. The second-order valence-corrected chi connectivity index (χ2v) is 5.54. The van der Waals surface area contributed by atoms with Gasteiger partial charge in [0, 0.05) is 12.8 Å². The number of methoxy groups -OCH3 is 1. The lowest BCUT2D eigenvalue weighted by molar-refractivity contribution is -0.144. The molecule has 0 aromatic heterocycles. The SMILES string of the molecule is COC(=O)c1ccccc1NC(=O)CCC(=O)OCCc1ccccc1. The minimum Gasteiger partial charge on any atom is -0.465 e. The molecule has 2 rings (SSSR count). The Labute approximate surface area is 152 Å². The van der Waals surface area contributed by atoms with E-state index >= 15 is 0 Å². The van der Waals surface area contributed by atoms with Gasteiger partial charge in [0.05, 0.1) is 31.4 Å². The fraction of sp³-hybridized carbons (Fsp3) is 0.250. The van der Waals surface area contributed by atoms with Crippen LogP contribution in [0.3, 0.4) is 0 Å². The number of hydrogen-bond acceptors (Lipinski definition) is 5. The first-order chi connectivity index (χ1) is 12.6. The van der Waals surface area contributed by atoms with E-state index < -0.39 is 11.9 Å². The van der Waals surface area contributed by atoms with E-state index in [1.807, 2.05) is 30.3 Å². The Kier molecular flexibility index (Phi) is 7.36. The summed E-state index contributed by atoms with van der Waals surface area (Å²) in [5, 5.41) is 2.62. The molecule has 0 saturated carbocycles. The predicted molar refractivity (Wildman–Crippen MR) is 96.8 cm³/mol. The monoisotopic (exact) mass is 355 g/mol. The summed E-state index contributed by atoms with van der Waals surface area (Å²) in [7, 11) is 1.27. The first-order valence-electron chi connectivity index (χ1n) is 8.27. The van der Waals surface area contributed by atoms with E-state index in [2.05, 4.69) is 10.1 Å². The van der Waals surface area contributed by atoms with Gasteiger partial charge in [0.2, 0.25) is 5.91 Å². The van der Waals surface area contributed by atoms with Crippen LogP contribution in [0.1, 0.15) is 28.8 Å². The number of hydrogen-bond donors (Lipinski definition) is 1. The van der Waals surface area contributed by atoms with Crippen LogP contribution in [0.25, 0.3) is 0 Å². The zero-order valence-corrected chi connectivity index (χ0v) is 14.6. The van der Waals surface area contributed by atoms with Crippen molar-refractivity contribution in [2.45, 2.75) is 19.3 Å². The summed E-state index contributed by atoms with van der Waals surface area (Å²) in [6, 6.07) is 16.2. The van der Waals surface area contributed by atoms with Crippen molar-refractivity contribution in [2.75, 3.05) is 19.0 Å². The van der Waals surface area contributed by atoms with E-state index in [1.54, 1.807) is 24.3 Å². The number of benzene rings is 2. The van der Waals surface area contributed by atoms with Crippen LogP contribution in [0.2, 0.25) is 0 Å². The van der Waals surface area contributed by atoms with E-state index in [0.717, 1.165) is 5.56 Å². The molecular formula is C20H21NO5. The van der Waals surface area contributed by atoms with E-state index in [0.29, 0.717) is 12.1 Å². The predicted octanol–water partition coefficient (Wildman–Crippen LogP) is 2.98. The number of rotatable bonds is 8. The second kappa shape index (κ2) is 9.98.